The summed E-state index contributed by atoms with van der Waals surface area (Å²) in [6, 6.07) is 4.15. The molecule has 1 aromatic rings. The molecule has 0 aliphatic heterocycles. The van der Waals surface area contributed by atoms with Crippen LogP contribution in [0.1, 0.15) is 0 Å². The van der Waals surface area contributed by atoms with Crippen molar-refractivity contribution in [2.24, 2.45) is 0 Å². The van der Waals surface area contributed by atoms with E-state index in [4.69, 9.17) is 23.2 Å². The van der Waals surface area contributed by atoms with Gasteiger partial charge in [0.25, 0.3) is 0 Å². The van der Waals surface area contributed by atoms with Crippen LogP contribution < -0.4 is 5.32 Å². The third-order valence-electron chi connectivity index (χ3n) is 1.35. The van der Waals surface area contributed by atoms with E-state index in [-0.39, 0.29) is 16.6 Å². The van der Waals surface area contributed by atoms with Gasteiger partial charge in [0.15, 0.2) is 0 Å². The monoisotopic (exact) mass is 221 g/mol. The van der Waals surface area contributed by atoms with E-state index in [0.717, 1.165) is 0 Å². The Labute approximate surface area is 84.6 Å². The fourth-order valence-corrected chi connectivity index (χ4v) is 1.02. The van der Waals surface area contributed by atoms with Crippen LogP contribution in [0.3, 0.4) is 0 Å². The van der Waals surface area contributed by atoms with Gasteiger partial charge in [0.1, 0.15) is 11.7 Å². The molecule has 1 aromatic carbocycles. The standard InChI is InChI=1S/C8H6Cl2FNO/c9-4-7(13)12-6-3-1-2-5(11)8(6)10/h1-3H,4H2,(H,12,13). The Kier molecular flexibility index (Phi) is 3.51. The first-order chi connectivity index (χ1) is 6.15. The first kappa shape index (κ1) is 10.3. The third-order valence-corrected chi connectivity index (χ3v) is 1.97. The molecule has 0 fully saturated rings. The number of halogens is 3. The second-order valence-corrected chi connectivity index (χ2v) is 2.93. The van der Waals surface area contributed by atoms with Gasteiger partial charge in [0.2, 0.25) is 5.91 Å². The minimum absolute atomic E-state index is 0.110. The highest BCUT2D eigenvalue weighted by Gasteiger charge is 2.07. The van der Waals surface area contributed by atoms with Gasteiger partial charge in [-0.25, -0.2) is 4.39 Å². The first-order valence-corrected chi connectivity index (χ1v) is 4.36. The lowest BCUT2D eigenvalue weighted by Crippen LogP contribution is -2.13. The van der Waals surface area contributed by atoms with Gasteiger partial charge in [-0.15, -0.1) is 11.6 Å². The van der Waals surface area contributed by atoms with E-state index in [0.29, 0.717) is 0 Å². The molecule has 0 aliphatic rings. The molecule has 0 saturated carbocycles. The number of carbonyl (C=O) groups is 1. The van der Waals surface area contributed by atoms with Crippen LogP contribution in [0.4, 0.5) is 10.1 Å². The summed E-state index contributed by atoms with van der Waals surface area (Å²) in [6.45, 7) is 0. The number of hydrogen-bond acceptors (Lipinski definition) is 1. The summed E-state index contributed by atoms with van der Waals surface area (Å²) in [5, 5.41) is 2.25. The SMILES string of the molecule is O=C(CCl)Nc1cccc(F)c1Cl. The zero-order chi connectivity index (χ0) is 9.84. The molecule has 1 amide bonds. The van der Waals surface area contributed by atoms with Crippen molar-refractivity contribution in [3.63, 3.8) is 0 Å². The van der Waals surface area contributed by atoms with Gasteiger partial charge in [0, 0.05) is 0 Å². The van der Waals surface area contributed by atoms with Crippen molar-refractivity contribution >= 4 is 34.8 Å². The average molecular weight is 222 g/mol. The van der Waals surface area contributed by atoms with Crippen LogP contribution in [-0.2, 0) is 4.79 Å². The van der Waals surface area contributed by atoms with Gasteiger partial charge in [-0.05, 0) is 12.1 Å². The van der Waals surface area contributed by atoms with Gasteiger partial charge in [-0.1, -0.05) is 17.7 Å². The van der Waals surface area contributed by atoms with Gasteiger partial charge < -0.3 is 5.32 Å². The number of benzene rings is 1. The van der Waals surface area contributed by atoms with Crippen LogP contribution in [-0.4, -0.2) is 11.8 Å². The van der Waals surface area contributed by atoms with Crippen molar-refractivity contribution in [1.29, 1.82) is 0 Å². The van der Waals surface area contributed by atoms with E-state index >= 15 is 0 Å². The van der Waals surface area contributed by atoms with Crippen LogP contribution >= 0.6 is 23.2 Å². The lowest BCUT2D eigenvalue weighted by Gasteiger charge is -2.04. The summed E-state index contributed by atoms with van der Waals surface area (Å²) in [7, 11) is 0. The Morgan fingerprint density at radius 3 is 2.85 bits per heavy atom. The van der Waals surface area contributed by atoms with Crippen LogP contribution in [0.2, 0.25) is 5.02 Å². The molecule has 0 aromatic heterocycles. The summed E-state index contributed by atoms with van der Waals surface area (Å²) in [6.07, 6.45) is 0. The maximum absolute atomic E-state index is 12.8. The molecule has 0 saturated heterocycles. The lowest BCUT2D eigenvalue weighted by atomic mass is 10.3. The molecular formula is C8H6Cl2FNO. The fraction of sp³-hybridized carbons (Fsp3) is 0.125. The van der Waals surface area contributed by atoms with Gasteiger partial charge in [-0.3, -0.25) is 4.79 Å². The predicted octanol–water partition coefficient (Wildman–Crippen LogP) is 2.66. The predicted molar refractivity (Wildman–Crippen MR) is 50.8 cm³/mol. The summed E-state index contributed by atoms with van der Waals surface area (Å²) in [5.41, 5.74) is 0.229. The van der Waals surface area contributed by atoms with Crippen molar-refractivity contribution in [2.45, 2.75) is 0 Å². The molecule has 70 valence electrons. The van der Waals surface area contributed by atoms with Crippen molar-refractivity contribution < 1.29 is 9.18 Å². The van der Waals surface area contributed by atoms with E-state index in [1.165, 1.54) is 18.2 Å². The van der Waals surface area contributed by atoms with E-state index in [2.05, 4.69) is 5.32 Å². The topological polar surface area (TPSA) is 29.1 Å². The summed E-state index contributed by atoms with van der Waals surface area (Å²) >= 11 is 10.8. The second kappa shape index (κ2) is 4.44. The average Bonchev–Trinajstić information content (AvgIpc) is 2.13. The molecule has 0 bridgehead atoms. The number of carbonyl (C=O) groups excluding carboxylic acids is 1. The molecule has 1 N–H and O–H groups in total. The first-order valence-electron chi connectivity index (χ1n) is 3.45. The number of nitrogens with one attached hydrogen (secondary N) is 1. The molecule has 0 atom stereocenters. The van der Waals surface area contributed by atoms with E-state index < -0.39 is 11.7 Å². The molecule has 2 nitrogen and oxygen atoms in total. The highest BCUT2D eigenvalue weighted by atomic mass is 35.5. The molecule has 0 unspecified atom stereocenters. The van der Waals surface area contributed by atoms with Gasteiger partial charge >= 0.3 is 0 Å². The molecule has 0 heterocycles. The third kappa shape index (κ3) is 2.57. The molecule has 0 aliphatic carbocycles. The molecule has 0 spiro atoms. The number of hydrogen-bond donors (Lipinski definition) is 1. The van der Waals surface area contributed by atoms with E-state index in [1.807, 2.05) is 0 Å². The van der Waals surface area contributed by atoms with E-state index in [9.17, 15) is 9.18 Å². The fourth-order valence-electron chi connectivity index (χ4n) is 0.784. The van der Waals surface area contributed by atoms with Crippen molar-refractivity contribution in [1.82, 2.24) is 0 Å². The molecule has 13 heavy (non-hydrogen) atoms. The van der Waals surface area contributed by atoms with Crippen LogP contribution in [0.25, 0.3) is 0 Å². The number of alkyl halides is 1. The van der Waals surface area contributed by atoms with Crippen molar-refractivity contribution in [2.75, 3.05) is 11.2 Å². The number of rotatable bonds is 2. The minimum Gasteiger partial charge on any atom is -0.324 e. The van der Waals surface area contributed by atoms with Gasteiger partial charge in [-0.2, -0.15) is 0 Å². The summed E-state index contributed by atoms with van der Waals surface area (Å²) in [5.74, 6) is -1.18. The van der Waals surface area contributed by atoms with Crippen molar-refractivity contribution in [3.8, 4) is 0 Å². The Morgan fingerprint density at radius 1 is 1.54 bits per heavy atom. The Morgan fingerprint density at radius 2 is 2.23 bits per heavy atom. The second-order valence-electron chi connectivity index (χ2n) is 2.28. The smallest absolute Gasteiger partial charge is 0.239 e. The Hall–Kier alpha value is -0.800. The molecule has 5 heteroatoms. The number of amides is 1. The highest BCUT2D eigenvalue weighted by molar-refractivity contribution is 6.34. The number of anilines is 1. The maximum atomic E-state index is 12.8. The van der Waals surface area contributed by atoms with Crippen LogP contribution in [0.15, 0.2) is 18.2 Å². The van der Waals surface area contributed by atoms with Crippen molar-refractivity contribution in [3.05, 3.63) is 29.0 Å². The summed E-state index contributed by atoms with van der Waals surface area (Å²) < 4.78 is 12.8. The zero-order valence-corrected chi connectivity index (χ0v) is 7.99. The minimum atomic E-state index is -0.575. The molecular weight excluding hydrogens is 216 g/mol. The Bertz CT molecular complexity index is 330. The van der Waals surface area contributed by atoms with Crippen LogP contribution in [0, 0.1) is 5.82 Å². The highest BCUT2D eigenvalue weighted by Crippen LogP contribution is 2.24. The van der Waals surface area contributed by atoms with Gasteiger partial charge in [0.05, 0.1) is 10.7 Å². The quantitative estimate of drug-likeness (QED) is 0.765. The lowest BCUT2D eigenvalue weighted by molar-refractivity contribution is -0.113. The Balaban J connectivity index is 2.89. The van der Waals surface area contributed by atoms with E-state index in [1.54, 1.807) is 0 Å². The van der Waals surface area contributed by atoms with Crippen LogP contribution in [0.5, 0.6) is 0 Å². The maximum Gasteiger partial charge on any atom is 0.239 e. The zero-order valence-electron chi connectivity index (χ0n) is 6.48. The molecule has 0 radical (unpaired) electrons. The largest absolute Gasteiger partial charge is 0.324 e. The molecule has 1 rings (SSSR count). The normalized spacial score (nSPS) is 9.77. The summed E-state index contributed by atoms with van der Waals surface area (Å²) in [4.78, 5) is 10.8.